The van der Waals surface area contributed by atoms with E-state index in [-0.39, 0.29) is 0 Å². The van der Waals surface area contributed by atoms with Crippen molar-refractivity contribution in [3.63, 3.8) is 0 Å². The van der Waals surface area contributed by atoms with Gasteiger partial charge in [-0.05, 0) is 0 Å². The van der Waals surface area contributed by atoms with Crippen molar-refractivity contribution in [2.24, 2.45) is 5.92 Å². The van der Waals surface area contributed by atoms with Crippen LogP contribution in [0.25, 0.3) is 0 Å². The molecule has 2 aliphatic rings. The van der Waals surface area contributed by atoms with Gasteiger partial charge < -0.3 is 0 Å². The first kappa shape index (κ1) is 16.6. The van der Waals surface area contributed by atoms with Crippen molar-refractivity contribution in [1.82, 2.24) is 4.90 Å². The molecule has 9 atom stereocenters. The van der Waals surface area contributed by atoms with Crippen LogP contribution in [0.15, 0.2) is 0 Å². The topological polar surface area (TPSA) is 3.24 Å². The van der Waals surface area contributed by atoms with Gasteiger partial charge in [-0.1, -0.05) is 0 Å². The Hall–Kier alpha value is -0.740. The van der Waals surface area contributed by atoms with Crippen molar-refractivity contribution in [3.05, 3.63) is 0 Å². The van der Waals surface area contributed by atoms with Crippen LogP contribution in [0.3, 0.4) is 0 Å². The van der Waals surface area contributed by atoms with E-state index in [1.807, 2.05) is 0 Å². The first-order chi connectivity index (χ1) is 9.50. The molecule has 0 amide bonds. The van der Waals surface area contributed by atoms with Gasteiger partial charge in [-0.25, -0.2) is 35.6 Å². The molecule has 21 heavy (non-hydrogen) atoms. The van der Waals surface area contributed by atoms with Gasteiger partial charge in [-0.3, -0.25) is 0 Å². The molecule has 9 unspecified atom stereocenters. The highest BCUT2D eigenvalue weighted by atomic mass is 19.4. The molecule has 2 saturated heterocycles. The third-order valence-corrected chi connectivity index (χ3v) is 3.76. The van der Waals surface area contributed by atoms with E-state index >= 15 is 0 Å². The quantitative estimate of drug-likeness (QED) is 0.486. The van der Waals surface area contributed by atoms with Crippen LogP contribution in [0.4, 0.5) is 43.9 Å². The summed E-state index contributed by atoms with van der Waals surface area (Å²) in [5.74, 6) is -3.58. The van der Waals surface area contributed by atoms with Gasteiger partial charge in [-0.2, -0.15) is 13.2 Å². The van der Waals surface area contributed by atoms with Crippen molar-refractivity contribution in [2.45, 2.75) is 55.7 Å². The van der Waals surface area contributed by atoms with Gasteiger partial charge in [0.1, 0.15) is 12.1 Å². The molecule has 1 nitrogen and oxygen atoms in total. The second-order valence-corrected chi connectivity index (χ2v) is 4.97. The van der Waals surface area contributed by atoms with Crippen LogP contribution >= 0.6 is 0 Å². The van der Waals surface area contributed by atoms with Crippen LogP contribution in [0.5, 0.6) is 0 Å². The molecular weight excluding hydrogens is 324 g/mol. The minimum atomic E-state index is -5.58. The van der Waals surface area contributed by atoms with E-state index in [1.54, 1.807) is 0 Å². The Balaban J connectivity index is 2.43. The Kier molecular flexibility index (Phi) is 4.09. The molecule has 124 valence electrons. The number of piperidine rings is 2. The van der Waals surface area contributed by atoms with Gasteiger partial charge in [0.15, 0.2) is 37.3 Å². The maximum Gasteiger partial charge on any atom is 0.397 e. The molecule has 2 heterocycles. The molecule has 0 aromatic heterocycles. The number of alkyl halides is 10. The molecule has 11 heteroatoms. The van der Waals surface area contributed by atoms with Crippen LogP contribution in [0.1, 0.15) is 0 Å². The zero-order valence-corrected chi connectivity index (χ0v) is 9.92. The average Bonchev–Trinajstić information content (AvgIpc) is 2.36. The molecule has 0 aromatic rings. The minimum Gasteiger partial charge on any atom is -0.245 e. The van der Waals surface area contributed by atoms with Crippen LogP contribution in [-0.4, -0.2) is 60.6 Å². The lowest BCUT2D eigenvalue weighted by Crippen LogP contribution is -2.73. The number of nitrogens with zero attached hydrogens (tertiary/aromatic N) is 1. The minimum absolute atomic E-state index is 0.664. The molecule has 0 spiro atoms. The van der Waals surface area contributed by atoms with Crippen LogP contribution in [-0.2, 0) is 0 Å². The average molecular weight is 333 g/mol. The standard InChI is InChI=1S/C10H9F10N/c11-2-1(10(18,19)20)3(12)8(16)21-7(2)5(14)4(13)6(15)9(21)17/h1-9H. The summed E-state index contributed by atoms with van der Waals surface area (Å²) in [5.41, 5.74) is 0. The normalized spacial score (nSPS) is 52.6. The summed E-state index contributed by atoms with van der Waals surface area (Å²) in [7, 11) is 0. The highest BCUT2D eigenvalue weighted by Crippen LogP contribution is 2.48. The Morgan fingerprint density at radius 3 is 1.52 bits per heavy atom. The smallest absolute Gasteiger partial charge is 0.245 e. The van der Waals surface area contributed by atoms with E-state index < -0.39 is 66.5 Å². The second kappa shape index (κ2) is 5.17. The fraction of sp³-hybridized carbons (Fsp3) is 1.00. The van der Waals surface area contributed by atoms with Gasteiger partial charge >= 0.3 is 6.18 Å². The van der Waals surface area contributed by atoms with Gasteiger partial charge in [0.2, 0.25) is 0 Å². The van der Waals surface area contributed by atoms with E-state index in [9.17, 15) is 43.9 Å². The predicted octanol–water partition coefficient (Wildman–Crippen LogP) is 3.14. The second-order valence-electron chi connectivity index (χ2n) is 4.97. The largest absolute Gasteiger partial charge is 0.397 e. The van der Waals surface area contributed by atoms with Gasteiger partial charge in [0.05, 0.1) is 6.04 Å². The molecule has 2 fully saturated rings. The summed E-state index contributed by atoms with van der Waals surface area (Å²) in [5, 5.41) is 0. The molecule has 0 N–H and O–H groups in total. The predicted molar refractivity (Wildman–Crippen MR) is 49.4 cm³/mol. The van der Waals surface area contributed by atoms with E-state index in [0.717, 1.165) is 0 Å². The number of fused-ring (bicyclic) bond motifs is 1. The van der Waals surface area contributed by atoms with E-state index in [1.165, 1.54) is 0 Å². The fourth-order valence-electron chi connectivity index (χ4n) is 2.73. The lowest BCUT2D eigenvalue weighted by Gasteiger charge is -2.51. The summed E-state index contributed by atoms with van der Waals surface area (Å²) in [6.45, 7) is 0. The summed E-state index contributed by atoms with van der Waals surface area (Å²) in [4.78, 5) is -0.664. The summed E-state index contributed by atoms with van der Waals surface area (Å²) >= 11 is 0. The van der Waals surface area contributed by atoms with Crippen molar-refractivity contribution >= 4 is 0 Å². The van der Waals surface area contributed by atoms with Gasteiger partial charge in [0, 0.05) is 0 Å². The van der Waals surface area contributed by atoms with Crippen molar-refractivity contribution in [3.8, 4) is 0 Å². The van der Waals surface area contributed by atoms with Crippen LogP contribution < -0.4 is 0 Å². The van der Waals surface area contributed by atoms with E-state index in [2.05, 4.69) is 0 Å². The number of halogens is 10. The third kappa shape index (κ3) is 2.36. The molecule has 0 saturated carbocycles. The third-order valence-electron chi connectivity index (χ3n) is 3.76. The Labute approximate surface area is 111 Å². The maximum atomic E-state index is 13.8. The molecule has 0 aromatic carbocycles. The van der Waals surface area contributed by atoms with Gasteiger partial charge in [0.25, 0.3) is 0 Å². The lowest BCUT2D eigenvalue weighted by atomic mass is 9.80. The Bertz CT molecular complexity index is 389. The molecule has 2 rings (SSSR count). The fourth-order valence-corrected chi connectivity index (χ4v) is 2.73. The van der Waals surface area contributed by atoms with E-state index in [0.29, 0.717) is 0 Å². The monoisotopic (exact) mass is 333 g/mol. The van der Waals surface area contributed by atoms with Crippen LogP contribution in [0, 0.1) is 5.92 Å². The zero-order valence-electron chi connectivity index (χ0n) is 9.92. The van der Waals surface area contributed by atoms with Crippen LogP contribution in [0.2, 0.25) is 0 Å². The molecule has 0 aliphatic carbocycles. The summed E-state index contributed by atoms with van der Waals surface area (Å²) in [6, 6.07) is -2.89. The molecule has 0 bridgehead atoms. The van der Waals surface area contributed by atoms with E-state index in [4.69, 9.17) is 0 Å². The molecule has 0 radical (unpaired) electrons. The maximum absolute atomic E-state index is 13.8. The molecule has 2 aliphatic heterocycles. The Morgan fingerprint density at radius 2 is 1.05 bits per heavy atom. The van der Waals surface area contributed by atoms with Crippen molar-refractivity contribution in [2.75, 3.05) is 0 Å². The highest BCUT2D eigenvalue weighted by Gasteiger charge is 2.68. The first-order valence-electron chi connectivity index (χ1n) is 5.82. The Morgan fingerprint density at radius 1 is 0.571 bits per heavy atom. The number of hydrogen-bond donors (Lipinski definition) is 0. The van der Waals surface area contributed by atoms with Crippen molar-refractivity contribution in [1.29, 1.82) is 0 Å². The SMILES string of the molecule is FC1C(F)C(F)N2C(F)C(F)C(C(F)(F)F)C(F)C2C1F. The summed E-state index contributed by atoms with van der Waals surface area (Å²) < 4.78 is 132. The lowest BCUT2D eigenvalue weighted by molar-refractivity contribution is -0.285. The molecular formula is C10H9F10N. The zero-order chi connectivity index (χ0) is 16.3. The number of rotatable bonds is 0. The van der Waals surface area contributed by atoms with Crippen molar-refractivity contribution < 1.29 is 43.9 Å². The summed E-state index contributed by atoms with van der Waals surface area (Å²) in [6.07, 6.45) is -29.1. The van der Waals surface area contributed by atoms with Gasteiger partial charge in [-0.15, -0.1) is 0 Å². The number of hydrogen-bond acceptors (Lipinski definition) is 1. The first-order valence-corrected chi connectivity index (χ1v) is 5.82. The highest BCUT2D eigenvalue weighted by molar-refractivity contribution is 5.09.